The molecule has 84 valence electrons. The van der Waals surface area contributed by atoms with Gasteiger partial charge in [0.1, 0.15) is 0 Å². The molecule has 0 saturated heterocycles. The standard InChI is InChI=1S/C13H21NO/c1-10-4-6-13(7-5-10)8-14-12(3)11(2)9-15/h4-7,11-12,14-15H,8-9H2,1-3H3. The molecule has 0 aliphatic rings. The van der Waals surface area contributed by atoms with Crippen molar-refractivity contribution in [3.8, 4) is 0 Å². The van der Waals surface area contributed by atoms with Gasteiger partial charge in [-0.2, -0.15) is 0 Å². The number of nitrogens with one attached hydrogen (secondary N) is 1. The van der Waals surface area contributed by atoms with Gasteiger partial charge in [-0.15, -0.1) is 0 Å². The minimum atomic E-state index is 0.238. The van der Waals surface area contributed by atoms with Gasteiger partial charge >= 0.3 is 0 Å². The molecule has 0 fully saturated rings. The van der Waals surface area contributed by atoms with E-state index < -0.39 is 0 Å². The molecule has 2 N–H and O–H groups in total. The first kappa shape index (κ1) is 12.2. The van der Waals surface area contributed by atoms with Crippen LogP contribution < -0.4 is 5.32 Å². The molecule has 1 aromatic rings. The van der Waals surface area contributed by atoms with Crippen molar-refractivity contribution in [2.45, 2.75) is 33.4 Å². The molecule has 0 heterocycles. The molecule has 2 nitrogen and oxygen atoms in total. The van der Waals surface area contributed by atoms with E-state index in [2.05, 4.69) is 43.4 Å². The zero-order chi connectivity index (χ0) is 11.3. The molecule has 1 rings (SSSR count). The third-order valence-corrected chi connectivity index (χ3v) is 2.89. The molecule has 0 aliphatic carbocycles. The predicted molar refractivity (Wildman–Crippen MR) is 63.7 cm³/mol. The maximum absolute atomic E-state index is 9.00. The highest BCUT2D eigenvalue weighted by Gasteiger charge is 2.09. The van der Waals surface area contributed by atoms with Crippen molar-refractivity contribution in [3.05, 3.63) is 35.4 Å². The van der Waals surface area contributed by atoms with Crippen LogP contribution in [0.5, 0.6) is 0 Å². The second kappa shape index (κ2) is 5.89. The average Bonchev–Trinajstić information content (AvgIpc) is 2.26. The zero-order valence-corrected chi connectivity index (χ0v) is 9.83. The highest BCUT2D eigenvalue weighted by atomic mass is 16.3. The lowest BCUT2D eigenvalue weighted by molar-refractivity contribution is 0.207. The van der Waals surface area contributed by atoms with E-state index >= 15 is 0 Å². The van der Waals surface area contributed by atoms with Crippen LogP contribution in [0.25, 0.3) is 0 Å². The van der Waals surface area contributed by atoms with Crippen LogP contribution in [0, 0.1) is 12.8 Å². The van der Waals surface area contributed by atoms with E-state index in [-0.39, 0.29) is 6.61 Å². The fraction of sp³-hybridized carbons (Fsp3) is 0.538. The summed E-state index contributed by atoms with van der Waals surface area (Å²) in [6.07, 6.45) is 0. The summed E-state index contributed by atoms with van der Waals surface area (Å²) in [4.78, 5) is 0. The molecule has 2 unspecified atom stereocenters. The van der Waals surface area contributed by atoms with Crippen LogP contribution in [0.2, 0.25) is 0 Å². The Labute approximate surface area is 92.3 Å². The van der Waals surface area contributed by atoms with Crippen molar-refractivity contribution in [1.29, 1.82) is 0 Å². The van der Waals surface area contributed by atoms with Crippen LogP contribution in [0.3, 0.4) is 0 Å². The maximum atomic E-state index is 9.00. The highest BCUT2D eigenvalue weighted by molar-refractivity contribution is 5.21. The lowest BCUT2D eigenvalue weighted by atomic mass is 10.0. The Morgan fingerprint density at radius 2 is 1.80 bits per heavy atom. The van der Waals surface area contributed by atoms with Gasteiger partial charge in [0.2, 0.25) is 0 Å². The van der Waals surface area contributed by atoms with Gasteiger partial charge < -0.3 is 10.4 Å². The molecule has 0 radical (unpaired) electrons. The van der Waals surface area contributed by atoms with Gasteiger partial charge in [0.15, 0.2) is 0 Å². The summed E-state index contributed by atoms with van der Waals surface area (Å²) < 4.78 is 0. The Hall–Kier alpha value is -0.860. The molecule has 2 heteroatoms. The quantitative estimate of drug-likeness (QED) is 0.775. The van der Waals surface area contributed by atoms with Crippen LogP contribution in [0.4, 0.5) is 0 Å². The van der Waals surface area contributed by atoms with Crippen LogP contribution in [0.15, 0.2) is 24.3 Å². The highest BCUT2D eigenvalue weighted by Crippen LogP contribution is 2.05. The molecule has 15 heavy (non-hydrogen) atoms. The summed E-state index contributed by atoms with van der Waals surface area (Å²) in [7, 11) is 0. The lowest BCUT2D eigenvalue weighted by Crippen LogP contribution is -2.33. The Kier molecular flexibility index (Phi) is 4.79. The topological polar surface area (TPSA) is 32.3 Å². The number of rotatable bonds is 5. The Bertz CT molecular complexity index is 281. The van der Waals surface area contributed by atoms with Crippen LogP contribution in [-0.2, 0) is 6.54 Å². The van der Waals surface area contributed by atoms with E-state index in [0.29, 0.717) is 12.0 Å². The number of aliphatic hydroxyl groups excluding tert-OH is 1. The maximum Gasteiger partial charge on any atom is 0.0471 e. The van der Waals surface area contributed by atoms with E-state index in [1.54, 1.807) is 0 Å². The number of benzene rings is 1. The predicted octanol–water partition coefficient (Wildman–Crippen LogP) is 2.10. The van der Waals surface area contributed by atoms with Gasteiger partial charge in [0, 0.05) is 19.2 Å². The average molecular weight is 207 g/mol. The van der Waals surface area contributed by atoms with Gasteiger partial charge in [0.05, 0.1) is 0 Å². The first-order valence-corrected chi connectivity index (χ1v) is 5.53. The molecular weight excluding hydrogens is 186 g/mol. The van der Waals surface area contributed by atoms with Crippen molar-refractivity contribution >= 4 is 0 Å². The number of hydrogen-bond acceptors (Lipinski definition) is 2. The van der Waals surface area contributed by atoms with E-state index in [1.807, 2.05) is 6.92 Å². The second-order valence-electron chi connectivity index (χ2n) is 4.32. The minimum Gasteiger partial charge on any atom is -0.396 e. The molecule has 0 aliphatic heterocycles. The molecule has 0 aromatic heterocycles. The molecule has 0 bridgehead atoms. The summed E-state index contributed by atoms with van der Waals surface area (Å²) in [5, 5.41) is 12.4. The molecule has 0 spiro atoms. The third-order valence-electron chi connectivity index (χ3n) is 2.89. The fourth-order valence-electron chi connectivity index (χ4n) is 1.34. The second-order valence-corrected chi connectivity index (χ2v) is 4.32. The SMILES string of the molecule is Cc1ccc(CNC(C)C(C)CO)cc1. The summed E-state index contributed by atoms with van der Waals surface area (Å²) in [6, 6.07) is 8.86. The third kappa shape index (κ3) is 4.02. The molecular formula is C13H21NO. The summed E-state index contributed by atoms with van der Waals surface area (Å²) in [5.41, 5.74) is 2.58. The summed E-state index contributed by atoms with van der Waals surface area (Å²) in [6.45, 7) is 7.35. The van der Waals surface area contributed by atoms with Gasteiger partial charge in [0.25, 0.3) is 0 Å². The number of aliphatic hydroxyl groups is 1. The number of hydrogen-bond donors (Lipinski definition) is 2. The van der Waals surface area contributed by atoms with Crippen LogP contribution in [-0.4, -0.2) is 17.8 Å². The Balaban J connectivity index is 2.40. The fourth-order valence-corrected chi connectivity index (χ4v) is 1.34. The smallest absolute Gasteiger partial charge is 0.0471 e. The van der Waals surface area contributed by atoms with Crippen LogP contribution >= 0.6 is 0 Å². The number of aryl methyl sites for hydroxylation is 1. The molecule has 2 atom stereocenters. The van der Waals surface area contributed by atoms with E-state index in [0.717, 1.165) is 6.54 Å². The Morgan fingerprint density at radius 1 is 1.20 bits per heavy atom. The zero-order valence-electron chi connectivity index (χ0n) is 9.83. The monoisotopic (exact) mass is 207 g/mol. The van der Waals surface area contributed by atoms with Crippen molar-refractivity contribution in [2.75, 3.05) is 6.61 Å². The van der Waals surface area contributed by atoms with Crippen molar-refractivity contribution in [1.82, 2.24) is 5.32 Å². The minimum absolute atomic E-state index is 0.238. The first-order valence-electron chi connectivity index (χ1n) is 5.53. The molecule has 0 saturated carbocycles. The summed E-state index contributed by atoms with van der Waals surface area (Å²) in [5.74, 6) is 0.301. The van der Waals surface area contributed by atoms with Crippen molar-refractivity contribution in [2.24, 2.45) is 5.92 Å². The lowest BCUT2D eigenvalue weighted by Gasteiger charge is -2.19. The van der Waals surface area contributed by atoms with Gasteiger partial charge in [-0.3, -0.25) is 0 Å². The normalized spacial score (nSPS) is 14.9. The first-order chi connectivity index (χ1) is 7.13. The van der Waals surface area contributed by atoms with E-state index in [4.69, 9.17) is 5.11 Å². The van der Waals surface area contributed by atoms with Gasteiger partial charge in [-0.25, -0.2) is 0 Å². The van der Waals surface area contributed by atoms with Gasteiger partial charge in [-0.1, -0.05) is 36.8 Å². The Morgan fingerprint density at radius 3 is 2.33 bits per heavy atom. The molecule has 1 aromatic carbocycles. The van der Waals surface area contributed by atoms with E-state index in [9.17, 15) is 0 Å². The van der Waals surface area contributed by atoms with Gasteiger partial charge in [-0.05, 0) is 25.3 Å². The van der Waals surface area contributed by atoms with E-state index in [1.165, 1.54) is 11.1 Å². The summed E-state index contributed by atoms with van der Waals surface area (Å²) >= 11 is 0. The van der Waals surface area contributed by atoms with Crippen molar-refractivity contribution < 1.29 is 5.11 Å². The van der Waals surface area contributed by atoms with Crippen molar-refractivity contribution in [3.63, 3.8) is 0 Å². The largest absolute Gasteiger partial charge is 0.396 e. The molecule has 0 amide bonds. The van der Waals surface area contributed by atoms with Crippen LogP contribution in [0.1, 0.15) is 25.0 Å².